The number of nitrogens with zero attached hydrogens (tertiary/aromatic N) is 1. The molecule has 1 aromatic carbocycles. The summed E-state index contributed by atoms with van der Waals surface area (Å²) in [6.45, 7) is 0. The van der Waals surface area contributed by atoms with E-state index in [0.29, 0.717) is 12.0 Å². The normalized spacial score (nSPS) is 25.8. The first kappa shape index (κ1) is 16.9. The monoisotopic (exact) mass is 324 g/mol. The van der Waals surface area contributed by atoms with Crippen molar-refractivity contribution in [3.05, 3.63) is 33.9 Å². The summed E-state index contributed by atoms with van der Waals surface area (Å²) in [4.78, 5) is 10.3. The largest absolute Gasteiger partial charge is 0.508 e. The quantitative estimate of drug-likeness (QED) is 0.575. The van der Waals surface area contributed by atoms with Crippen LogP contribution in [0, 0.1) is 10.1 Å². The summed E-state index contributed by atoms with van der Waals surface area (Å²) in [6.07, 6.45) is 4.05. The number of rotatable bonds is 3. The molecule has 0 aliphatic heterocycles. The first-order chi connectivity index (χ1) is 8.92. The summed E-state index contributed by atoms with van der Waals surface area (Å²) in [7, 11) is 0. The standard InChI is InChI=1S/C13H19N3O3.Co/c14-12-3-1-2-6-13(12,15)8-9-7-10(16(18)19)4-5-11(9)17;/h4-5,7,12,17H,1-3,6,8,14-15H2;. The van der Waals surface area contributed by atoms with E-state index in [1.165, 1.54) is 18.2 Å². The Labute approximate surface area is 127 Å². The minimum Gasteiger partial charge on any atom is -0.508 e. The van der Waals surface area contributed by atoms with Crippen LogP contribution < -0.4 is 11.5 Å². The predicted molar refractivity (Wildman–Crippen MR) is 71.8 cm³/mol. The molecule has 0 saturated heterocycles. The van der Waals surface area contributed by atoms with Gasteiger partial charge in [0.05, 0.1) is 4.92 Å². The smallest absolute Gasteiger partial charge is 0.269 e. The van der Waals surface area contributed by atoms with Gasteiger partial charge in [0.25, 0.3) is 5.69 Å². The van der Waals surface area contributed by atoms with Crippen molar-refractivity contribution in [2.24, 2.45) is 11.5 Å². The fourth-order valence-electron chi connectivity index (χ4n) is 2.69. The zero-order valence-corrected chi connectivity index (χ0v) is 12.1. The molecule has 1 aliphatic carbocycles. The number of non-ortho nitro benzene ring substituents is 1. The molecule has 1 aliphatic rings. The van der Waals surface area contributed by atoms with Crippen LogP contribution in [0.3, 0.4) is 0 Å². The van der Waals surface area contributed by atoms with Gasteiger partial charge in [-0.2, -0.15) is 0 Å². The van der Waals surface area contributed by atoms with Crippen LogP contribution in [0.15, 0.2) is 18.2 Å². The molecule has 113 valence electrons. The molecule has 5 N–H and O–H groups in total. The number of hydrogen-bond donors (Lipinski definition) is 3. The second-order valence-corrected chi connectivity index (χ2v) is 5.33. The molecule has 1 aromatic rings. The second-order valence-electron chi connectivity index (χ2n) is 5.33. The van der Waals surface area contributed by atoms with E-state index in [4.69, 9.17) is 11.5 Å². The van der Waals surface area contributed by atoms with Gasteiger partial charge in [-0.1, -0.05) is 12.8 Å². The Kier molecular flexibility index (Phi) is 5.52. The topological polar surface area (TPSA) is 115 Å². The van der Waals surface area contributed by atoms with Crippen LogP contribution in [0.25, 0.3) is 0 Å². The van der Waals surface area contributed by atoms with E-state index >= 15 is 0 Å². The summed E-state index contributed by atoms with van der Waals surface area (Å²) < 4.78 is 0. The van der Waals surface area contributed by atoms with Gasteiger partial charge >= 0.3 is 0 Å². The van der Waals surface area contributed by atoms with Gasteiger partial charge in [-0.15, -0.1) is 0 Å². The van der Waals surface area contributed by atoms with E-state index in [0.717, 1.165) is 25.7 Å². The van der Waals surface area contributed by atoms with Gasteiger partial charge in [0.15, 0.2) is 0 Å². The van der Waals surface area contributed by atoms with Crippen LogP contribution in [-0.2, 0) is 23.2 Å². The Morgan fingerprint density at radius 2 is 2.15 bits per heavy atom. The van der Waals surface area contributed by atoms with Gasteiger partial charge in [-0.25, -0.2) is 0 Å². The van der Waals surface area contributed by atoms with Crippen molar-refractivity contribution in [2.45, 2.75) is 43.7 Å². The third-order valence-electron chi connectivity index (χ3n) is 3.94. The third kappa shape index (κ3) is 3.48. The second kappa shape index (κ2) is 6.53. The van der Waals surface area contributed by atoms with Crippen LogP contribution in [0.2, 0.25) is 0 Å². The van der Waals surface area contributed by atoms with Crippen LogP contribution in [0.5, 0.6) is 5.75 Å². The number of phenolic OH excluding ortho intramolecular Hbond substituents is 1. The molecule has 1 radical (unpaired) electrons. The maximum Gasteiger partial charge on any atom is 0.269 e. The van der Waals surface area contributed by atoms with Crippen molar-refractivity contribution in [3.63, 3.8) is 0 Å². The molecule has 2 atom stereocenters. The zero-order valence-electron chi connectivity index (χ0n) is 11.0. The Bertz CT molecular complexity index is 498. The Balaban J connectivity index is 0.00000200. The third-order valence-corrected chi connectivity index (χ3v) is 3.94. The van der Waals surface area contributed by atoms with E-state index in [1.54, 1.807) is 0 Å². The van der Waals surface area contributed by atoms with Crippen molar-refractivity contribution in [3.8, 4) is 5.75 Å². The van der Waals surface area contributed by atoms with E-state index in [-0.39, 0.29) is 34.3 Å². The van der Waals surface area contributed by atoms with Crippen molar-refractivity contribution < 1.29 is 26.8 Å². The first-order valence-corrected chi connectivity index (χ1v) is 6.43. The maximum absolute atomic E-state index is 10.8. The predicted octanol–water partition coefficient (Wildman–Crippen LogP) is 1.44. The number of hydrogen-bond acceptors (Lipinski definition) is 5. The molecule has 7 heteroatoms. The number of nitro groups is 1. The molecule has 1 saturated carbocycles. The van der Waals surface area contributed by atoms with Crippen molar-refractivity contribution in [1.29, 1.82) is 0 Å². The minimum atomic E-state index is -0.592. The molecule has 2 unspecified atom stereocenters. The Morgan fingerprint density at radius 1 is 1.45 bits per heavy atom. The van der Waals surface area contributed by atoms with Crippen molar-refractivity contribution in [1.82, 2.24) is 0 Å². The van der Waals surface area contributed by atoms with E-state index < -0.39 is 10.5 Å². The van der Waals surface area contributed by atoms with Crippen molar-refractivity contribution >= 4 is 5.69 Å². The van der Waals surface area contributed by atoms with Gasteiger partial charge in [-0.05, 0) is 25.3 Å². The number of nitro benzene ring substituents is 1. The van der Waals surface area contributed by atoms with E-state index in [9.17, 15) is 15.2 Å². The summed E-state index contributed by atoms with van der Waals surface area (Å²) in [5.74, 6) is 0.0354. The average Bonchev–Trinajstić information content (AvgIpc) is 2.36. The molecule has 20 heavy (non-hydrogen) atoms. The molecule has 6 nitrogen and oxygen atoms in total. The van der Waals surface area contributed by atoms with Gasteiger partial charge in [0.2, 0.25) is 0 Å². The van der Waals surface area contributed by atoms with Crippen LogP contribution in [-0.4, -0.2) is 21.6 Å². The molecule has 0 spiro atoms. The van der Waals surface area contributed by atoms with Crippen LogP contribution in [0.1, 0.15) is 31.2 Å². The minimum absolute atomic E-state index is 0. The summed E-state index contributed by atoms with van der Waals surface area (Å²) >= 11 is 0. The molecular weight excluding hydrogens is 305 g/mol. The molecular formula is C13H19CoN3O3. The number of benzene rings is 1. The van der Waals surface area contributed by atoms with Crippen LogP contribution >= 0.6 is 0 Å². The maximum atomic E-state index is 10.8. The molecule has 0 amide bonds. The summed E-state index contributed by atoms with van der Waals surface area (Å²) in [5.41, 5.74) is 12.3. The molecule has 0 aromatic heterocycles. The Hall–Kier alpha value is -1.15. The van der Waals surface area contributed by atoms with Gasteiger partial charge < -0.3 is 16.6 Å². The summed E-state index contributed by atoms with van der Waals surface area (Å²) in [6, 6.07) is 3.86. The Morgan fingerprint density at radius 3 is 2.75 bits per heavy atom. The summed E-state index contributed by atoms with van der Waals surface area (Å²) in [5, 5.41) is 20.6. The fraction of sp³-hybridized carbons (Fsp3) is 0.538. The number of phenols is 1. The number of aromatic hydroxyl groups is 1. The van der Waals surface area contributed by atoms with Gasteiger partial charge in [-0.3, -0.25) is 10.1 Å². The number of nitrogens with two attached hydrogens (primary N) is 2. The average molecular weight is 324 g/mol. The van der Waals surface area contributed by atoms with Gasteiger partial charge in [0, 0.05) is 46.1 Å². The van der Waals surface area contributed by atoms with Gasteiger partial charge in [0.1, 0.15) is 5.75 Å². The van der Waals surface area contributed by atoms with Crippen LogP contribution in [0.4, 0.5) is 5.69 Å². The molecule has 0 bridgehead atoms. The first-order valence-electron chi connectivity index (χ1n) is 6.43. The molecule has 0 heterocycles. The zero-order chi connectivity index (χ0) is 14.0. The fourth-order valence-corrected chi connectivity index (χ4v) is 2.69. The molecule has 1 fully saturated rings. The van der Waals surface area contributed by atoms with E-state index in [1.807, 2.05) is 0 Å². The van der Waals surface area contributed by atoms with Crippen molar-refractivity contribution in [2.75, 3.05) is 0 Å². The molecule has 2 rings (SSSR count). The van der Waals surface area contributed by atoms with E-state index in [2.05, 4.69) is 0 Å². The SMILES string of the molecule is NC1CCCCC1(N)Cc1cc([N+](=O)[O-])ccc1O.[Co].